The molecule has 0 radical (unpaired) electrons. The quantitative estimate of drug-likeness (QED) is 0.667. The Morgan fingerprint density at radius 1 is 1.36 bits per heavy atom. The van der Waals surface area contributed by atoms with E-state index in [1.807, 2.05) is 25.1 Å². The standard InChI is InChI=1S/C10H9N3O/c1-8-6-12-10(7-14)13(8)9-4-2-3-5-11-9/h2-7H,1H3. The van der Waals surface area contributed by atoms with Crippen molar-refractivity contribution in [3.63, 3.8) is 0 Å². The van der Waals surface area contributed by atoms with Crippen molar-refractivity contribution < 1.29 is 4.79 Å². The van der Waals surface area contributed by atoms with Crippen molar-refractivity contribution in [2.24, 2.45) is 0 Å². The zero-order chi connectivity index (χ0) is 9.97. The van der Waals surface area contributed by atoms with Crippen LogP contribution in [0.4, 0.5) is 0 Å². The molecule has 0 aliphatic carbocycles. The van der Waals surface area contributed by atoms with Crippen LogP contribution in [0.25, 0.3) is 5.82 Å². The Bertz CT molecular complexity index is 448. The number of hydrogen-bond acceptors (Lipinski definition) is 3. The first-order chi connectivity index (χ1) is 6.83. The fourth-order valence-electron chi connectivity index (χ4n) is 1.32. The van der Waals surface area contributed by atoms with Gasteiger partial charge in [-0.15, -0.1) is 0 Å². The molecule has 4 nitrogen and oxygen atoms in total. The minimum Gasteiger partial charge on any atom is -0.294 e. The molecule has 70 valence electrons. The van der Waals surface area contributed by atoms with Gasteiger partial charge in [-0.2, -0.15) is 0 Å². The largest absolute Gasteiger partial charge is 0.294 e. The molecule has 14 heavy (non-hydrogen) atoms. The predicted molar refractivity (Wildman–Crippen MR) is 51.5 cm³/mol. The first kappa shape index (κ1) is 8.62. The second-order valence-corrected chi connectivity index (χ2v) is 2.90. The monoisotopic (exact) mass is 187 g/mol. The number of carbonyl (C=O) groups is 1. The van der Waals surface area contributed by atoms with E-state index in [9.17, 15) is 4.79 Å². The van der Waals surface area contributed by atoms with Gasteiger partial charge in [0, 0.05) is 18.1 Å². The number of aryl methyl sites for hydroxylation is 1. The van der Waals surface area contributed by atoms with Gasteiger partial charge in [0.15, 0.2) is 12.1 Å². The van der Waals surface area contributed by atoms with E-state index in [-0.39, 0.29) is 0 Å². The van der Waals surface area contributed by atoms with Crippen LogP contribution < -0.4 is 0 Å². The molecule has 0 aliphatic heterocycles. The Balaban J connectivity index is 2.61. The molecule has 2 rings (SSSR count). The van der Waals surface area contributed by atoms with E-state index in [0.29, 0.717) is 11.6 Å². The third kappa shape index (κ3) is 1.31. The summed E-state index contributed by atoms with van der Waals surface area (Å²) in [6.07, 6.45) is 4.06. The fraction of sp³-hybridized carbons (Fsp3) is 0.100. The topological polar surface area (TPSA) is 47.8 Å². The van der Waals surface area contributed by atoms with E-state index in [1.54, 1.807) is 17.0 Å². The summed E-state index contributed by atoms with van der Waals surface area (Å²) in [5.74, 6) is 1.09. The van der Waals surface area contributed by atoms with Crippen LogP contribution in [0.1, 0.15) is 16.3 Å². The number of hydrogen-bond donors (Lipinski definition) is 0. The lowest BCUT2D eigenvalue weighted by molar-refractivity contribution is 0.111. The van der Waals surface area contributed by atoms with E-state index in [4.69, 9.17) is 0 Å². The summed E-state index contributed by atoms with van der Waals surface area (Å²) in [4.78, 5) is 18.8. The van der Waals surface area contributed by atoms with Crippen molar-refractivity contribution in [3.05, 3.63) is 42.1 Å². The normalized spacial score (nSPS) is 10.1. The molecule has 0 N–H and O–H groups in total. The minimum atomic E-state index is 0.376. The number of aldehydes is 1. The highest BCUT2D eigenvalue weighted by Crippen LogP contribution is 2.09. The summed E-state index contributed by atoms with van der Waals surface area (Å²) in [6, 6.07) is 5.54. The van der Waals surface area contributed by atoms with Crippen molar-refractivity contribution in [3.8, 4) is 5.82 Å². The van der Waals surface area contributed by atoms with Gasteiger partial charge < -0.3 is 0 Å². The van der Waals surface area contributed by atoms with Crippen molar-refractivity contribution in [1.82, 2.24) is 14.5 Å². The summed E-state index contributed by atoms with van der Waals surface area (Å²) in [5.41, 5.74) is 0.894. The van der Waals surface area contributed by atoms with E-state index in [0.717, 1.165) is 12.0 Å². The van der Waals surface area contributed by atoms with Gasteiger partial charge in [-0.25, -0.2) is 9.97 Å². The smallest absolute Gasteiger partial charge is 0.185 e. The van der Waals surface area contributed by atoms with E-state index >= 15 is 0 Å². The van der Waals surface area contributed by atoms with Crippen LogP contribution in [-0.4, -0.2) is 20.8 Å². The van der Waals surface area contributed by atoms with Gasteiger partial charge in [-0.3, -0.25) is 9.36 Å². The summed E-state index contributed by atoms with van der Waals surface area (Å²) >= 11 is 0. The van der Waals surface area contributed by atoms with Crippen molar-refractivity contribution in [1.29, 1.82) is 0 Å². The van der Waals surface area contributed by atoms with Crippen LogP contribution >= 0.6 is 0 Å². The molecule has 0 atom stereocenters. The SMILES string of the molecule is Cc1cnc(C=O)n1-c1ccccn1. The zero-order valence-corrected chi connectivity index (χ0v) is 7.71. The number of imidazole rings is 1. The molecule has 0 spiro atoms. The Kier molecular flexibility index (Phi) is 2.10. The maximum Gasteiger partial charge on any atom is 0.185 e. The predicted octanol–water partition coefficient (Wildman–Crippen LogP) is 1.39. The van der Waals surface area contributed by atoms with Gasteiger partial charge in [-0.05, 0) is 19.1 Å². The summed E-state index contributed by atoms with van der Waals surface area (Å²) in [6.45, 7) is 1.88. The molecule has 0 aromatic carbocycles. The number of rotatable bonds is 2. The second-order valence-electron chi connectivity index (χ2n) is 2.90. The molecule has 0 aliphatic rings. The van der Waals surface area contributed by atoms with Gasteiger partial charge in [-0.1, -0.05) is 6.07 Å². The molecule has 0 amide bonds. The van der Waals surface area contributed by atoms with Crippen molar-refractivity contribution in [2.45, 2.75) is 6.92 Å². The molecule has 0 saturated heterocycles. The van der Waals surface area contributed by atoms with Crippen LogP contribution in [0.3, 0.4) is 0 Å². The summed E-state index contributed by atoms with van der Waals surface area (Å²) in [5, 5.41) is 0. The molecule has 0 saturated carbocycles. The van der Waals surface area contributed by atoms with E-state index in [1.165, 1.54) is 0 Å². The molecule has 0 fully saturated rings. The minimum absolute atomic E-state index is 0.376. The number of nitrogens with zero attached hydrogens (tertiary/aromatic N) is 3. The molecule has 2 heterocycles. The molecule has 2 aromatic heterocycles. The van der Waals surface area contributed by atoms with Crippen LogP contribution in [0.5, 0.6) is 0 Å². The Morgan fingerprint density at radius 2 is 2.21 bits per heavy atom. The fourth-order valence-corrected chi connectivity index (χ4v) is 1.32. The second kappa shape index (κ2) is 3.41. The van der Waals surface area contributed by atoms with Gasteiger partial charge in [0.1, 0.15) is 5.82 Å². The molecular formula is C10H9N3O. The molecular weight excluding hydrogens is 178 g/mol. The Morgan fingerprint density at radius 3 is 2.86 bits per heavy atom. The first-order valence-electron chi connectivity index (χ1n) is 4.24. The van der Waals surface area contributed by atoms with Crippen molar-refractivity contribution in [2.75, 3.05) is 0 Å². The Labute approximate surface area is 81.2 Å². The molecule has 0 unspecified atom stereocenters. The van der Waals surface area contributed by atoms with Crippen LogP contribution in [0.15, 0.2) is 30.6 Å². The highest BCUT2D eigenvalue weighted by molar-refractivity contribution is 5.70. The first-order valence-corrected chi connectivity index (χ1v) is 4.24. The Hall–Kier alpha value is -1.97. The van der Waals surface area contributed by atoms with E-state index < -0.39 is 0 Å². The maximum atomic E-state index is 10.7. The van der Waals surface area contributed by atoms with Crippen LogP contribution in [-0.2, 0) is 0 Å². The highest BCUT2D eigenvalue weighted by atomic mass is 16.1. The number of carbonyl (C=O) groups excluding carboxylic acids is 1. The van der Waals surface area contributed by atoms with Crippen LogP contribution in [0.2, 0.25) is 0 Å². The van der Waals surface area contributed by atoms with Crippen LogP contribution in [0, 0.1) is 6.92 Å². The molecule has 2 aromatic rings. The lowest BCUT2D eigenvalue weighted by Gasteiger charge is -2.04. The van der Waals surface area contributed by atoms with Crippen molar-refractivity contribution >= 4 is 6.29 Å². The van der Waals surface area contributed by atoms with Gasteiger partial charge >= 0.3 is 0 Å². The summed E-state index contributed by atoms with van der Waals surface area (Å²) < 4.78 is 1.72. The molecule has 0 bridgehead atoms. The van der Waals surface area contributed by atoms with Gasteiger partial charge in [0.05, 0.1) is 0 Å². The lowest BCUT2D eigenvalue weighted by atomic mass is 10.4. The highest BCUT2D eigenvalue weighted by Gasteiger charge is 2.07. The van der Waals surface area contributed by atoms with Gasteiger partial charge in [0.2, 0.25) is 0 Å². The number of pyridine rings is 1. The average Bonchev–Trinajstić information content (AvgIpc) is 2.61. The lowest BCUT2D eigenvalue weighted by Crippen LogP contribution is -2.03. The summed E-state index contributed by atoms with van der Waals surface area (Å²) in [7, 11) is 0. The van der Waals surface area contributed by atoms with Gasteiger partial charge in [0.25, 0.3) is 0 Å². The van der Waals surface area contributed by atoms with E-state index in [2.05, 4.69) is 9.97 Å². The zero-order valence-electron chi connectivity index (χ0n) is 7.71. The maximum absolute atomic E-state index is 10.7. The number of aromatic nitrogens is 3. The third-order valence-corrected chi connectivity index (χ3v) is 1.95. The third-order valence-electron chi connectivity index (χ3n) is 1.95. The average molecular weight is 187 g/mol. The molecule has 4 heteroatoms.